The molecule has 8 rings (SSSR count). The molecule has 11 atom stereocenters. The summed E-state index contributed by atoms with van der Waals surface area (Å²) in [5.74, 6) is -1.36. The number of nitrogens with one attached hydrogen (secondary N) is 2. The first-order valence-corrected chi connectivity index (χ1v) is 30.9. The first-order valence-electron chi connectivity index (χ1n) is 25.6. The number of benzene rings is 6. The third-order valence-corrected chi connectivity index (χ3v) is 12.7. The Hall–Kier alpha value is -5.00. The summed E-state index contributed by atoms with van der Waals surface area (Å²) in [6.07, 6.45) is -5.37. The van der Waals surface area contributed by atoms with Crippen molar-refractivity contribution in [2.45, 2.75) is 105 Å². The van der Waals surface area contributed by atoms with E-state index in [1.807, 2.05) is 107 Å². The van der Waals surface area contributed by atoms with Crippen molar-refractivity contribution in [3.63, 3.8) is 0 Å². The molecule has 428 valence electrons. The van der Waals surface area contributed by atoms with E-state index in [2.05, 4.69) is 53.8 Å². The molecule has 20 heteroatoms. The normalized spacial score (nSPS) is 22.9. The number of ether oxygens (including phenoxy) is 9. The van der Waals surface area contributed by atoms with Crippen molar-refractivity contribution < 1.29 is 62.1 Å². The van der Waals surface area contributed by atoms with Crippen LogP contribution in [0.5, 0.6) is 0 Å². The minimum absolute atomic E-state index is 0.141. The molecule has 80 heavy (non-hydrogen) atoms. The SMILES string of the molecule is CC1OC(COC(=O)c2ccccc2)C(O)C(OC(=O)c2ccccc2)C1NC(=O)OCC(Cl)(Cl)Cl.CC1OC(COCc2ccccc2)C(OCc2ccccc2)C(OCc2ccccc2)C1OCc1ccccc1.CS(=N)I. The van der Waals surface area contributed by atoms with Crippen molar-refractivity contribution >= 4 is 81.9 Å². The highest BCUT2D eigenvalue weighted by molar-refractivity contribution is 14.2. The molecule has 0 aromatic heterocycles. The number of alkyl carbamates (subject to hydrolysis) is 1. The zero-order chi connectivity index (χ0) is 57.3. The largest absolute Gasteiger partial charge is 0.459 e. The topological polar surface area (TPSA) is 190 Å². The number of carbonyl (C=O) groups excluding carboxylic acids is 3. The third-order valence-electron chi connectivity index (χ3n) is 12.4. The number of hydrogen-bond acceptors (Lipinski definition) is 14. The molecule has 2 aliphatic heterocycles. The molecule has 2 fully saturated rings. The van der Waals surface area contributed by atoms with Gasteiger partial charge in [0.1, 0.15) is 49.8 Å². The van der Waals surface area contributed by atoms with Crippen LogP contribution in [0.1, 0.15) is 56.8 Å². The fourth-order valence-electron chi connectivity index (χ4n) is 8.54. The Morgan fingerprint density at radius 3 is 1.43 bits per heavy atom. The van der Waals surface area contributed by atoms with E-state index in [0.29, 0.717) is 38.6 Å². The van der Waals surface area contributed by atoms with E-state index < -0.39 is 65.0 Å². The Balaban J connectivity index is 0.000000243. The van der Waals surface area contributed by atoms with Gasteiger partial charge in [-0.1, -0.05) is 193 Å². The standard InChI is InChI=1S/C35H38O5.C24H24Cl3NO8.CH4INS/c1-27-33(37-23-29-16-8-3-9-17-29)35(39-25-31-20-12-5-13-21-31)34(38-24-30-18-10-4-11-19-30)32(40-27)26-36-22-28-14-6-2-7-15-28;1-14-18(28-23(32)34-13-24(25,26)27)20(36-22(31)16-10-6-3-7-11-16)19(29)17(35-14)12-33-21(30)15-8-4-2-5-9-15;1-4(2)3/h2-21,27,32-35H,22-26H2,1H3;2-11,14,17-20,29H,12-13H2,1H3,(H,28,32);3H,1H3. The number of amides is 1. The third kappa shape index (κ3) is 22.1. The van der Waals surface area contributed by atoms with Crippen LogP contribution in [0.25, 0.3) is 0 Å². The Bertz CT molecular complexity index is 2760. The maximum atomic E-state index is 12.8. The zero-order valence-corrected chi connectivity index (χ0v) is 49.6. The molecular weight excluding hydrogens is 1220 g/mol. The molecular formula is C60H66Cl3IN2O13S. The first-order chi connectivity index (χ1) is 38.5. The molecule has 6 aromatic rings. The Morgan fingerprint density at radius 1 is 0.562 bits per heavy atom. The van der Waals surface area contributed by atoms with Crippen molar-refractivity contribution in [1.29, 1.82) is 4.78 Å². The van der Waals surface area contributed by atoms with E-state index >= 15 is 0 Å². The zero-order valence-electron chi connectivity index (χ0n) is 44.3. The summed E-state index contributed by atoms with van der Waals surface area (Å²) in [7, 11) is -0.141. The number of halogens is 4. The van der Waals surface area contributed by atoms with E-state index in [9.17, 15) is 19.5 Å². The molecule has 0 spiro atoms. The second-order valence-corrected chi connectivity index (χ2v) is 25.9. The van der Waals surface area contributed by atoms with Crippen molar-refractivity contribution in [2.75, 3.05) is 26.1 Å². The van der Waals surface area contributed by atoms with Gasteiger partial charge in [-0.05, 0) is 68.2 Å². The minimum atomic E-state index is -1.83. The fourth-order valence-corrected chi connectivity index (χ4v) is 8.70. The van der Waals surface area contributed by atoms with Crippen molar-refractivity contribution in [3.05, 3.63) is 215 Å². The Morgan fingerprint density at radius 2 is 0.963 bits per heavy atom. The Kier molecular flexibility index (Phi) is 27.1. The maximum Gasteiger partial charge on any atom is 0.407 e. The number of esters is 2. The van der Waals surface area contributed by atoms with Gasteiger partial charge in [0, 0.05) is 27.5 Å². The van der Waals surface area contributed by atoms with E-state index in [1.54, 1.807) is 55.5 Å². The van der Waals surface area contributed by atoms with Crippen LogP contribution in [0.4, 0.5) is 4.79 Å². The smallest absolute Gasteiger partial charge is 0.407 e. The number of alkyl halides is 3. The van der Waals surface area contributed by atoms with Gasteiger partial charge < -0.3 is 53.1 Å². The molecule has 2 saturated heterocycles. The van der Waals surface area contributed by atoms with Gasteiger partial charge in [-0.15, -0.1) is 0 Å². The lowest BCUT2D eigenvalue weighted by atomic mass is 9.93. The number of aliphatic hydroxyl groups excluding tert-OH is 1. The highest BCUT2D eigenvalue weighted by atomic mass is 127. The summed E-state index contributed by atoms with van der Waals surface area (Å²) >= 11 is 18.9. The summed E-state index contributed by atoms with van der Waals surface area (Å²) < 4.78 is 58.8. The number of carbonyl (C=O) groups is 3. The van der Waals surface area contributed by atoms with Crippen LogP contribution < -0.4 is 5.32 Å². The van der Waals surface area contributed by atoms with Crippen molar-refractivity contribution in [3.8, 4) is 0 Å². The highest BCUT2D eigenvalue weighted by Gasteiger charge is 2.48. The van der Waals surface area contributed by atoms with Crippen LogP contribution in [-0.2, 0) is 76.9 Å². The molecule has 3 N–H and O–H groups in total. The van der Waals surface area contributed by atoms with E-state index in [-0.39, 0.29) is 44.4 Å². The monoisotopic (exact) mass is 1290 g/mol. The van der Waals surface area contributed by atoms with Crippen molar-refractivity contribution in [2.24, 2.45) is 0 Å². The summed E-state index contributed by atoms with van der Waals surface area (Å²) in [5, 5.41) is 13.5. The van der Waals surface area contributed by atoms with Crippen LogP contribution in [0.2, 0.25) is 0 Å². The molecule has 2 aliphatic rings. The number of hydrogen-bond donors (Lipinski definition) is 3. The maximum absolute atomic E-state index is 12.8. The van der Waals surface area contributed by atoms with Crippen molar-refractivity contribution in [1.82, 2.24) is 5.32 Å². The van der Waals surface area contributed by atoms with Gasteiger partial charge in [-0.2, -0.15) is 0 Å². The van der Waals surface area contributed by atoms with Gasteiger partial charge in [0.15, 0.2) is 6.10 Å². The molecule has 6 aromatic carbocycles. The minimum Gasteiger partial charge on any atom is -0.459 e. The second kappa shape index (κ2) is 33.8. The number of aliphatic hydroxyl groups is 1. The summed E-state index contributed by atoms with van der Waals surface area (Å²) in [6.45, 7) is 5.00. The highest BCUT2D eigenvalue weighted by Crippen LogP contribution is 2.32. The van der Waals surface area contributed by atoms with Crippen LogP contribution in [0.3, 0.4) is 0 Å². The number of rotatable bonds is 20. The average Bonchev–Trinajstić information content (AvgIpc) is 3.51. The Labute approximate surface area is 497 Å². The predicted molar refractivity (Wildman–Crippen MR) is 317 cm³/mol. The molecule has 11 unspecified atom stereocenters. The first kappa shape index (κ1) is 64.2. The van der Waals surface area contributed by atoms with Gasteiger partial charge in [0.25, 0.3) is 0 Å². The summed E-state index contributed by atoms with van der Waals surface area (Å²) in [6, 6.07) is 56.1. The quantitative estimate of drug-likeness (QED) is 0.0283. The summed E-state index contributed by atoms with van der Waals surface area (Å²) in [5.41, 5.74) is 4.96. The van der Waals surface area contributed by atoms with E-state index in [4.69, 9.17) is 82.2 Å². The fraction of sp³-hybridized carbons (Fsp3) is 0.350. The lowest BCUT2D eigenvalue weighted by Crippen LogP contribution is -2.64. The molecule has 0 aliphatic carbocycles. The van der Waals surface area contributed by atoms with Crippen LogP contribution in [0.15, 0.2) is 182 Å². The molecule has 15 nitrogen and oxygen atoms in total. The second-order valence-electron chi connectivity index (χ2n) is 18.5. The average molecular weight is 1290 g/mol. The van der Waals surface area contributed by atoms with E-state index in [1.165, 1.54) is 12.1 Å². The summed E-state index contributed by atoms with van der Waals surface area (Å²) in [4.78, 5) is 37.4. The van der Waals surface area contributed by atoms with Gasteiger partial charge in [0.05, 0.1) is 62.4 Å². The van der Waals surface area contributed by atoms with Gasteiger partial charge in [0.2, 0.25) is 3.79 Å². The molecule has 2 heterocycles. The molecule has 1 amide bonds. The molecule has 0 saturated carbocycles. The van der Waals surface area contributed by atoms with Gasteiger partial charge >= 0.3 is 18.0 Å². The van der Waals surface area contributed by atoms with E-state index in [0.717, 1.165) is 22.3 Å². The van der Waals surface area contributed by atoms with Gasteiger partial charge in [-0.3, -0.25) is 4.78 Å². The molecule has 0 radical (unpaired) electrons. The van der Waals surface area contributed by atoms with Crippen LogP contribution in [0, 0.1) is 4.78 Å². The van der Waals surface area contributed by atoms with Crippen LogP contribution >= 0.6 is 56.0 Å². The lowest BCUT2D eigenvalue weighted by molar-refractivity contribution is -0.269. The lowest BCUT2D eigenvalue weighted by Gasteiger charge is -2.45. The van der Waals surface area contributed by atoms with Gasteiger partial charge in [-0.25, -0.2) is 14.4 Å². The van der Waals surface area contributed by atoms with Crippen LogP contribution in [-0.4, -0.2) is 114 Å². The molecule has 0 bridgehead atoms. The predicted octanol–water partition coefficient (Wildman–Crippen LogP) is 11.8.